The predicted octanol–water partition coefficient (Wildman–Crippen LogP) is 0.730. The lowest BCUT2D eigenvalue weighted by Gasteiger charge is -2.40. The van der Waals surface area contributed by atoms with Crippen molar-refractivity contribution >= 4 is 24.2 Å². The maximum absolute atomic E-state index is 13.0. The van der Waals surface area contributed by atoms with Gasteiger partial charge in [-0.05, 0) is 57.2 Å². The average Bonchev–Trinajstić information content (AvgIpc) is 3.20. The summed E-state index contributed by atoms with van der Waals surface area (Å²) in [6, 6.07) is 0. The van der Waals surface area contributed by atoms with Crippen LogP contribution in [0.1, 0.15) is 35.6 Å². The van der Waals surface area contributed by atoms with Gasteiger partial charge in [0.1, 0.15) is 17.1 Å². The normalized spacial score (nSPS) is 21.6. The Morgan fingerprint density at radius 2 is 1.97 bits per heavy atom. The number of nitrogens with zero attached hydrogens (tertiary/aromatic N) is 4. The molecule has 0 aliphatic carbocycles. The van der Waals surface area contributed by atoms with Crippen molar-refractivity contribution in [1.82, 2.24) is 10.6 Å². The number of hydrogen-bond acceptors (Lipinski definition) is 8. The molecular formula is C20H28ClN5O4. The van der Waals surface area contributed by atoms with Crippen LogP contribution in [0.5, 0.6) is 11.5 Å². The van der Waals surface area contributed by atoms with Crippen molar-refractivity contribution in [2.45, 2.75) is 46.1 Å². The molecule has 1 aromatic carbocycles. The molecule has 0 spiro atoms. The number of benzene rings is 1. The Bertz CT molecular complexity index is 971. The van der Waals surface area contributed by atoms with Crippen molar-refractivity contribution in [3.8, 4) is 11.5 Å². The highest BCUT2D eigenvalue weighted by atomic mass is 35.5. The molecule has 2 N–H and O–H groups in total. The van der Waals surface area contributed by atoms with E-state index in [1.54, 1.807) is 17.9 Å². The highest BCUT2D eigenvalue weighted by Crippen LogP contribution is 2.43. The molecule has 4 rings (SSSR count). The zero-order valence-electron chi connectivity index (χ0n) is 17.7. The van der Waals surface area contributed by atoms with E-state index in [-0.39, 0.29) is 18.3 Å². The maximum Gasteiger partial charge on any atom is 0.324 e. The Labute approximate surface area is 181 Å². The van der Waals surface area contributed by atoms with Crippen LogP contribution in [-0.4, -0.2) is 48.1 Å². The van der Waals surface area contributed by atoms with Crippen LogP contribution in [0.25, 0.3) is 0 Å². The van der Waals surface area contributed by atoms with Crippen molar-refractivity contribution in [3.63, 3.8) is 0 Å². The number of phenols is 1. The number of nitrogens with one attached hydrogen (secondary N) is 1. The first-order valence-corrected chi connectivity index (χ1v) is 9.91. The first-order valence-electron chi connectivity index (χ1n) is 9.91. The Balaban J connectivity index is 0.00000256. The van der Waals surface area contributed by atoms with Gasteiger partial charge < -0.3 is 20.3 Å². The van der Waals surface area contributed by atoms with Crippen LogP contribution < -0.4 is 25.0 Å². The molecule has 2 aromatic rings. The lowest BCUT2D eigenvalue weighted by Crippen LogP contribution is -2.64. The molecule has 2 aliphatic heterocycles. The van der Waals surface area contributed by atoms with Crippen molar-refractivity contribution in [2.24, 2.45) is 4.99 Å². The Morgan fingerprint density at radius 1 is 1.27 bits per heavy atom. The van der Waals surface area contributed by atoms with E-state index in [9.17, 15) is 10.2 Å². The van der Waals surface area contributed by atoms with Crippen LogP contribution in [-0.2, 0) is 6.42 Å². The molecule has 1 atom stereocenters. The number of halogens is 1. The highest BCUT2D eigenvalue weighted by Gasteiger charge is 2.35. The molecule has 3 heterocycles. The van der Waals surface area contributed by atoms with Gasteiger partial charge in [0.05, 0.1) is 17.9 Å². The molecule has 0 radical (unpaired) electrons. The van der Waals surface area contributed by atoms with Crippen molar-refractivity contribution < 1.29 is 24.3 Å². The number of piperazine rings is 1. The summed E-state index contributed by atoms with van der Waals surface area (Å²) in [6.45, 7) is 10.7. The second-order valence-corrected chi connectivity index (χ2v) is 7.95. The van der Waals surface area contributed by atoms with Crippen LogP contribution in [0.3, 0.4) is 0 Å². The number of hydrogen-bond donors (Lipinski definition) is 2. The number of aliphatic imine (C=N–C) groups is 1. The molecule has 1 unspecified atom stereocenters. The van der Waals surface area contributed by atoms with Gasteiger partial charge in [0.25, 0.3) is 6.20 Å². The van der Waals surface area contributed by atoms with Crippen molar-refractivity contribution in [3.05, 3.63) is 28.5 Å². The number of aromatic nitrogens is 2. The summed E-state index contributed by atoms with van der Waals surface area (Å²) in [5.41, 5.74) is 2.27. The minimum absolute atomic E-state index is 0. The summed E-state index contributed by atoms with van der Waals surface area (Å²) in [6.07, 6.45) is 2.71. The first kappa shape index (κ1) is 22.2. The van der Waals surface area contributed by atoms with E-state index in [0.717, 1.165) is 48.4 Å². The third-order valence-electron chi connectivity index (χ3n) is 6.01. The fourth-order valence-electron chi connectivity index (χ4n) is 3.89. The summed E-state index contributed by atoms with van der Waals surface area (Å²) in [5, 5.41) is 32.5. The highest BCUT2D eigenvalue weighted by molar-refractivity contribution is 5.85. The molecule has 30 heavy (non-hydrogen) atoms. The molecule has 1 saturated heterocycles. The van der Waals surface area contributed by atoms with Crippen LogP contribution in [0, 0.1) is 20.8 Å². The van der Waals surface area contributed by atoms with Gasteiger partial charge in [-0.15, -0.1) is 12.4 Å². The zero-order valence-corrected chi connectivity index (χ0v) is 18.5. The third-order valence-corrected chi connectivity index (χ3v) is 6.01. The second kappa shape index (κ2) is 8.31. The fourth-order valence-corrected chi connectivity index (χ4v) is 3.89. The minimum Gasteiger partial charge on any atom is -0.859 e. The number of phenolic OH excluding ortho intramolecular Hbond substituents is 1. The zero-order chi connectivity index (χ0) is 20.8. The van der Waals surface area contributed by atoms with E-state index in [1.807, 2.05) is 25.8 Å². The Kier molecular flexibility index (Phi) is 6.14. The van der Waals surface area contributed by atoms with E-state index >= 15 is 0 Å². The lowest BCUT2D eigenvalue weighted by molar-refractivity contribution is -0.758. The summed E-state index contributed by atoms with van der Waals surface area (Å²) in [5.74, 6) is 0.709. The molecule has 1 aromatic heterocycles. The largest absolute Gasteiger partial charge is 0.859 e. The summed E-state index contributed by atoms with van der Waals surface area (Å²) < 4.78 is 11.4. The fraction of sp³-hybridized carbons (Fsp3) is 0.550. The summed E-state index contributed by atoms with van der Waals surface area (Å²) in [7, 11) is 0. The van der Waals surface area contributed by atoms with Crippen LogP contribution >= 0.6 is 12.4 Å². The monoisotopic (exact) mass is 437 g/mol. The lowest BCUT2D eigenvalue weighted by atomic mass is 9.87. The van der Waals surface area contributed by atoms with Gasteiger partial charge in [-0.3, -0.25) is 4.52 Å². The van der Waals surface area contributed by atoms with Gasteiger partial charge in [-0.2, -0.15) is 5.01 Å². The van der Waals surface area contributed by atoms with Gasteiger partial charge in [-0.1, -0.05) is 0 Å². The predicted molar refractivity (Wildman–Crippen MR) is 112 cm³/mol. The number of aromatic hydroxyl groups is 1. The number of ether oxygens (including phenoxy) is 1. The maximum atomic E-state index is 13.0. The van der Waals surface area contributed by atoms with E-state index in [2.05, 4.69) is 15.6 Å². The molecule has 9 nitrogen and oxygen atoms in total. The Morgan fingerprint density at radius 3 is 2.67 bits per heavy atom. The molecule has 0 amide bonds. The van der Waals surface area contributed by atoms with E-state index in [1.165, 1.54) is 0 Å². The van der Waals surface area contributed by atoms with Crippen molar-refractivity contribution in [1.29, 1.82) is 0 Å². The first-order chi connectivity index (χ1) is 13.8. The standard InChI is InChI=1S/C20H27N5O4.ClH/c1-12-13(2)18-15(14(3)17(12)26)5-6-20(4,28-18)19(27)22-16-11-25(23-29-16)24-9-7-21-8-10-24;/h11,21H,5-10H2,1-4H3,(H-,22,23,26,27);1H. The quantitative estimate of drug-likeness (QED) is 0.413. The average molecular weight is 438 g/mol. The third kappa shape index (κ3) is 3.79. The topological polar surface area (TPSA) is 110 Å². The van der Waals surface area contributed by atoms with E-state index < -0.39 is 11.5 Å². The molecule has 2 aliphatic rings. The molecular weight excluding hydrogens is 410 g/mol. The van der Waals surface area contributed by atoms with Crippen LogP contribution in [0.2, 0.25) is 0 Å². The van der Waals surface area contributed by atoms with Gasteiger partial charge in [-0.25, -0.2) is 4.99 Å². The summed E-state index contributed by atoms with van der Waals surface area (Å²) >= 11 is 0. The molecule has 164 valence electrons. The molecule has 0 saturated carbocycles. The Hall–Kier alpha value is -2.52. The van der Waals surface area contributed by atoms with Crippen molar-refractivity contribution in [2.75, 3.05) is 31.2 Å². The second-order valence-electron chi connectivity index (χ2n) is 7.95. The minimum atomic E-state index is -1.10. The molecule has 10 heteroatoms. The van der Waals surface area contributed by atoms with E-state index in [0.29, 0.717) is 24.3 Å². The van der Waals surface area contributed by atoms with Crippen LogP contribution in [0.15, 0.2) is 15.7 Å². The van der Waals surface area contributed by atoms with Crippen LogP contribution in [0.4, 0.5) is 5.88 Å². The van der Waals surface area contributed by atoms with Gasteiger partial charge in [0, 0.05) is 24.6 Å². The number of rotatable bonds is 3. The molecule has 0 bridgehead atoms. The SMILES string of the molecule is Cc1c(C)c2c(c(C)c1O)CCC(C)(C([O-])=Nc1c[n+](N3CCNCC3)no1)O2.Cl. The summed E-state index contributed by atoms with van der Waals surface area (Å²) in [4.78, 5) is 5.72. The van der Waals surface area contributed by atoms with Gasteiger partial charge in [0.15, 0.2) is 0 Å². The van der Waals surface area contributed by atoms with Gasteiger partial charge >= 0.3 is 5.88 Å². The van der Waals surface area contributed by atoms with E-state index in [4.69, 9.17) is 9.26 Å². The molecule has 1 fully saturated rings. The number of fused-ring (bicyclic) bond motifs is 1. The van der Waals surface area contributed by atoms with Gasteiger partial charge in [0.2, 0.25) is 5.27 Å². The smallest absolute Gasteiger partial charge is 0.324 e.